The zero-order valence-corrected chi connectivity index (χ0v) is 7.13. The normalized spacial score (nSPS) is 27.8. The van der Waals surface area contributed by atoms with Gasteiger partial charge in [0.1, 0.15) is 0 Å². The van der Waals surface area contributed by atoms with Gasteiger partial charge in [-0.25, -0.2) is 5.01 Å². The average Bonchev–Trinajstić information content (AvgIpc) is 2.87. The maximum absolute atomic E-state index is 5.99. The zero-order chi connectivity index (χ0) is 7.68. The molecule has 0 aromatic heterocycles. The van der Waals surface area contributed by atoms with Crippen LogP contribution in [-0.2, 0) is 0 Å². The van der Waals surface area contributed by atoms with E-state index in [0.29, 0.717) is 0 Å². The Balaban J connectivity index is 1.81. The van der Waals surface area contributed by atoms with Gasteiger partial charge in [0.2, 0.25) is 0 Å². The lowest BCUT2D eigenvalue weighted by atomic mass is 9.95. The largest absolute Gasteiger partial charge is 0.268 e. The lowest BCUT2D eigenvalue weighted by molar-refractivity contribution is 0.149. The zero-order valence-electron chi connectivity index (χ0n) is 7.13. The highest BCUT2D eigenvalue weighted by atomic mass is 15.4. The number of hydrogen-bond donors (Lipinski definition) is 1. The highest BCUT2D eigenvalue weighted by Gasteiger charge is 2.32. The van der Waals surface area contributed by atoms with E-state index >= 15 is 0 Å². The van der Waals surface area contributed by atoms with Crippen LogP contribution in [0.1, 0.15) is 44.9 Å². The minimum absolute atomic E-state index is 0.719. The Morgan fingerprint density at radius 1 is 0.818 bits per heavy atom. The van der Waals surface area contributed by atoms with Gasteiger partial charge in [-0.1, -0.05) is 19.3 Å². The molecule has 2 rings (SSSR count). The van der Waals surface area contributed by atoms with Gasteiger partial charge in [-0.2, -0.15) is 0 Å². The quantitative estimate of drug-likeness (QED) is 0.484. The Morgan fingerprint density at radius 3 is 1.91 bits per heavy atom. The molecule has 0 amide bonds. The third-order valence-electron chi connectivity index (χ3n) is 2.96. The summed E-state index contributed by atoms with van der Waals surface area (Å²) in [4.78, 5) is 0. The summed E-state index contributed by atoms with van der Waals surface area (Å²) in [5, 5.41) is 2.14. The van der Waals surface area contributed by atoms with Crippen molar-refractivity contribution in [3.63, 3.8) is 0 Å². The monoisotopic (exact) mass is 154 g/mol. The second kappa shape index (κ2) is 3.11. The lowest BCUT2D eigenvalue weighted by Gasteiger charge is -2.30. The summed E-state index contributed by atoms with van der Waals surface area (Å²) in [5.74, 6) is 5.99. The van der Waals surface area contributed by atoms with Crippen molar-refractivity contribution in [1.82, 2.24) is 5.01 Å². The van der Waals surface area contributed by atoms with Gasteiger partial charge in [-0.15, -0.1) is 0 Å². The molecule has 11 heavy (non-hydrogen) atoms. The van der Waals surface area contributed by atoms with Crippen LogP contribution in [0.5, 0.6) is 0 Å². The number of hydrogen-bond acceptors (Lipinski definition) is 2. The van der Waals surface area contributed by atoms with E-state index in [4.69, 9.17) is 5.84 Å². The van der Waals surface area contributed by atoms with Gasteiger partial charge in [0, 0.05) is 12.1 Å². The second-order valence-corrected chi connectivity index (χ2v) is 3.97. The first-order chi connectivity index (χ1) is 5.38. The van der Waals surface area contributed by atoms with Crippen molar-refractivity contribution < 1.29 is 0 Å². The van der Waals surface area contributed by atoms with Crippen LogP contribution in [0, 0.1) is 0 Å². The summed E-state index contributed by atoms with van der Waals surface area (Å²) in [5.41, 5.74) is 0. The van der Waals surface area contributed by atoms with E-state index in [9.17, 15) is 0 Å². The number of hydrazine groups is 1. The summed E-state index contributed by atoms with van der Waals surface area (Å²) in [6.45, 7) is 0. The van der Waals surface area contributed by atoms with Crippen molar-refractivity contribution in [1.29, 1.82) is 0 Å². The molecular formula is C9H18N2. The summed E-state index contributed by atoms with van der Waals surface area (Å²) in [7, 11) is 0. The van der Waals surface area contributed by atoms with Crippen molar-refractivity contribution >= 4 is 0 Å². The molecule has 2 aliphatic carbocycles. The highest BCUT2D eigenvalue weighted by molar-refractivity contribution is 4.86. The smallest absolute Gasteiger partial charge is 0.0245 e. The molecular weight excluding hydrogens is 136 g/mol. The molecule has 64 valence electrons. The minimum atomic E-state index is 0.719. The second-order valence-electron chi connectivity index (χ2n) is 3.97. The number of rotatable bonds is 2. The lowest BCUT2D eigenvalue weighted by Crippen LogP contribution is -2.43. The Morgan fingerprint density at radius 2 is 1.36 bits per heavy atom. The van der Waals surface area contributed by atoms with E-state index in [1.807, 2.05) is 0 Å². The molecule has 0 unspecified atom stereocenters. The predicted molar refractivity (Wildman–Crippen MR) is 45.9 cm³/mol. The maximum Gasteiger partial charge on any atom is 0.0245 e. The summed E-state index contributed by atoms with van der Waals surface area (Å²) in [6.07, 6.45) is 9.57. The highest BCUT2D eigenvalue weighted by Crippen LogP contribution is 2.30. The van der Waals surface area contributed by atoms with Gasteiger partial charge < -0.3 is 0 Å². The Kier molecular flexibility index (Phi) is 2.14. The third kappa shape index (κ3) is 1.74. The Labute approximate surface area is 68.7 Å². The van der Waals surface area contributed by atoms with E-state index < -0.39 is 0 Å². The van der Waals surface area contributed by atoms with Crippen LogP contribution in [0.2, 0.25) is 0 Å². The molecule has 0 saturated heterocycles. The van der Waals surface area contributed by atoms with Crippen molar-refractivity contribution in [3.05, 3.63) is 0 Å². The third-order valence-corrected chi connectivity index (χ3v) is 2.96. The van der Waals surface area contributed by atoms with Gasteiger partial charge in [0.05, 0.1) is 0 Å². The van der Waals surface area contributed by atoms with E-state index in [1.165, 1.54) is 44.9 Å². The fraction of sp³-hybridized carbons (Fsp3) is 1.00. The predicted octanol–water partition coefficient (Wildman–Crippen LogP) is 1.66. The van der Waals surface area contributed by atoms with Crippen molar-refractivity contribution in [2.45, 2.75) is 57.0 Å². The van der Waals surface area contributed by atoms with Gasteiger partial charge in [-0.3, -0.25) is 5.84 Å². The summed E-state index contributed by atoms with van der Waals surface area (Å²) < 4.78 is 0. The van der Waals surface area contributed by atoms with Gasteiger partial charge >= 0.3 is 0 Å². The van der Waals surface area contributed by atoms with Gasteiger partial charge in [-0.05, 0) is 25.7 Å². The van der Waals surface area contributed by atoms with Crippen LogP contribution >= 0.6 is 0 Å². The molecule has 0 atom stereocenters. The first-order valence-electron chi connectivity index (χ1n) is 4.91. The molecule has 0 radical (unpaired) electrons. The standard InChI is InChI=1S/C9H18N2/c10-11(9-6-7-9)8-4-2-1-3-5-8/h8-9H,1-7,10H2. The average molecular weight is 154 g/mol. The van der Waals surface area contributed by atoms with E-state index in [0.717, 1.165) is 12.1 Å². The molecule has 2 N–H and O–H groups in total. The number of nitrogens with zero attached hydrogens (tertiary/aromatic N) is 1. The Hall–Kier alpha value is -0.0800. The van der Waals surface area contributed by atoms with Crippen molar-refractivity contribution in [2.75, 3.05) is 0 Å². The topological polar surface area (TPSA) is 29.3 Å². The SMILES string of the molecule is NN(C1CCCCC1)C1CC1. The van der Waals surface area contributed by atoms with Crippen LogP contribution in [-0.4, -0.2) is 17.1 Å². The van der Waals surface area contributed by atoms with Crippen LogP contribution in [0.3, 0.4) is 0 Å². The summed E-state index contributed by atoms with van der Waals surface area (Å²) >= 11 is 0. The minimum Gasteiger partial charge on any atom is -0.268 e. The molecule has 2 fully saturated rings. The first-order valence-corrected chi connectivity index (χ1v) is 4.91. The van der Waals surface area contributed by atoms with E-state index in [2.05, 4.69) is 5.01 Å². The maximum atomic E-state index is 5.99. The molecule has 0 bridgehead atoms. The molecule has 2 nitrogen and oxygen atoms in total. The molecule has 0 aromatic carbocycles. The molecule has 2 aliphatic rings. The van der Waals surface area contributed by atoms with E-state index in [1.54, 1.807) is 0 Å². The molecule has 0 aliphatic heterocycles. The molecule has 0 aromatic rings. The molecule has 0 spiro atoms. The van der Waals surface area contributed by atoms with Gasteiger partial charge in [0.25, 0.3) is 0 Å². The number of nitrogens with two attached hydrogens (primary N) is 1. The fourth-order valence-corrected chi connectivity index (χ4v) is 2.05. The van der Waals surface area contributed by atoms with E-state index in [-0.39, 0.29) is 0 Å². The van der Waals surface area contributed by atoms with Crippen molar-refractivity contribution in [3.8, 4) is 0 Å². The van der Waals surface area contributed by atoms with Crippen molar-refractivity contribution in [2.24, 2.45) is 5.84 Å². The van der Waals surface area contributed by atoms with Crippen LogP contribution < -0.4 is 5.84 Å². The Bertz CT molecular complexity index is 126. The van der Waals surface area contributed by atoms with Gasteiger partial charge in [0.15, 0.2) is 0 Å². The van der Waals surface area contributed by atoms with Crippen LogP contribution in [0.15, 0.2) is 0 Å². The first kappa shape index (κ1) is 7.56. The summed E-state index contributed by atoms with van der Waals surface area (Å²) in [6, 6.07) is 1.47. The fourth-order valence-electron chi connectivity index (χ4n) is 2.05. The van der Waals surface area contributed by atoms with Crippen LogP contribution in [0.4, 0.5) is 0 Å². The molecule has 0 heterocycles. The van der Waals surface area contributed by atoms with Crippen LogP contribution in [0.25, 0.3) is 0 Å². The molecule has 2 heteroatoms. The molecule has 2 saturated carbocycles.